The molecule has 0 aliphatic carbocycles. The molecule has 0 atom stereocenters. The minimum atomic E-state index is -0.452. The average molecular weight is 492 g/mol. The Kier molecular flexibility index (Phi) is 6.68. The highest BCUT2D eigenvalue weighted by Crippen LogP contribution is 2.38. The van der Waals surface area contributed by atoms with Crippen molar-refractivity contribution in [2.24, 2.45) is 0 Å². The number of amides is 1. The van der Waals surface area contributed by atoms with Crippen LogP contribution in [0.4, 0.5) is 5.69 Å². The molecular formula is C20H18BrN3O5S. The maximum absolute atomic E-state index is 12.4. The van der Waals surface area contributed by atoms with Crippen LogP contribution in [0.15, 0.2) is 46.6 Å². The Morgan fingerprint density at radius 2 is 2.10 bits per heavy atom. The molecule has 1 heterocycles. The van der Waals surface area contributed by atoms with Crippen molar-refractivity contribution in [2.75, 3.05) is 13.7 Å². The first-order valence-electron chi connectivity index (χ1n) is 8.92. The lowest BCUT2D eigenvalue weighted by Crippen LogP contribution is -2.30. The van der Waals surface area contributed by atoms with Crippen LogP contribution in [0.5, 0.6) is 11.5 Å². The van der Waals surface area contributed by atoms with Crippen LogP contribution in [0.2, 0.25) is 0 Å². The lowest BCUT2D eigenvalue weighted by Gasteiger charge is -2.14. The number of ether oxygens (including phenoxy) is 2. The number of rotatable bonds is 7. The zero-order chi connectivity index (χ0) is 21.8. The standard InChI is InChI=1S/C20H18BrN3O5S/c1-3-23-19(25)16(22-20(23)30)9-13-8-15(21)18(17(10-13)28-2)29-11-12-5-4-6-14(7-12)24(26)27/h4-10H,3,11H2,1-2H3,(H,22,30)/b16-9-. The van der Waals surface area contributed by atoms with Gasteiger partial charge in [0.25, 0.3) is 11.6 Å². The molecular weight excluding hydrogens is 474 g/mol. The number of benzene rings is 2. The second-order valence-electron chi connectivity index (χ2n) is 6.29. The molecule has 0 saturated carbocycles. The number of hydrogen-bond donors (Lipinski definition) is 1. The summed E-state index contributed by atoms with van der Waals surface area (Å²) >= 11 is 8.64. The third kappa shape index (κ3) is 4.60. The third-order valence-electron chi connectivity index (χ3n) is 4.35. The summed E-state index contributed by atoms with van der Waals surface area (Å²) in [5, 5.41) is 14.2. The van der Waals surface area contributed by atoms with Crippen LogP contribution in [0, 0.1) is 10.1 Å². The van der Waals surface area contributed by atoms with Crippen LogP contribution in [0.25, 0.3) is 6.08 Å². The Morgan fingerprint density at radius 1 is 1.33 bits per heavy atom. The third-order valence-corrected chi connectivity index (χ3v) is 5.26. The minimum absolute atomic E-state index is 0.00290. The fraction of sp³-hybridized carbons (Fsp3) is 0.200. The van der Waals surface area contributed by atoms with E-state index in [1.165, 1.54) is 24.1 Å². The molecule has 30 heavy (non-hydrogen) atoms. The van der Waals surface area contributed by atoms with Crippen molar-refractivity contribution in [1.29, 1.82) is 0 Å². The molecule has 1 aliphatic heterocycles. The number of hydrogen-bond acceptors (Lipinski definition) is 6. The minimum Gasteiger partial charge on any atom is -0.493 e. The van der Waals surface area contributed by atoms with E-state index in [1.807, 2.05) is 6.92 Å². The van der Waals surface area contributed by atoms with Gasteiger partial charge in [0, 0.05) is 18.7 Å². The number of carbonyl (C=O) groups excluding carboxylic acids is 1. The van der Waals surface area contributed by atoms with E-state index < -0.39 is 4.92 Å². The molecule has 1 aliphatic rings. The Morgan fingerprint density at radius 3 is 2.73 bits per heavy atom. The van der Waals surface area contributed by atoms with E-state index in [0.29, 0.717) is 44.5 Å². The van der Waals surface area contributed by atoms with Crippen LogP contribution < -0.4 is 14.8 Å². The first-order valence-corrected chi connectivity index (χ1v) is 10.1. The molecule has 1 saturated heterocycles. The van der Waals surface area contributed by atoms with E-state index in [-0.39, 0.29) is 18.2 Å². The lowest BCUT2D eigenvalue weighted by atomic mass is 10.1. The fourth-order valence-corrected chi connectivity index (χ4v) is 3.80. The molecule has 0 aromatic heterocycles. The summed E-state index contributed by atoms with van der Waals surface area (Å²) < 4.78 is 11.9. The highest BCUT2D eigenvalue weighted by atomic mass is 79.9. The summed E-state index contributed by atoms with van der Waals surface area (Å²) in [6.45, 7) is 2.46. The number of methoxy groups -OCH3 is 1. The van der Waals surface area contributed by atoms with Gasteiger partial charge < -0.3 is 14.8 Å². The fourth-order valence-electron chi connectivity index (χ4n) is 2.90. The average Bonchev–Trinajstić information content (AvgIpc) is 2.99. The predicted molar refractivity (Wildman–Crippen MR) is 119 cm³/mol. The SMILES string of the molecule is CCN1C(=O)/C(=C/c2cc(Br)c(OCc3cccc([N+](=O)[O-])c3)c(OC)c2)NC1=S. The number of carbonyl (C=O) groups is 1. The highest BCUT2D eigenvalue weighted by Gasteiger charge is 2.29. The van der Waals surface area contributed by atoms with Gasteiger partial charge in [-0.25, -0.2) is 0 Å². The molecule has 156 valence electrons. The number of nitro benzene ring substituents is 1. The Bertz CT molecular complexity index is 1060. The monoisotopic (exact) mass is 491 g/mol. The van der Waals surface area contributed by atoms with Crippen LogP contribution in [0.3, 0.4) is 0 Å². The molecule has 0 radical (unpaired) electrons. The quantitative estimate of drug-likeness (QED) is 0.270. The molecule has 3 rings (SSSR count). The molecule has 2 aromatic rings. The van der Waals surface area contributed by atoms with Crippen molar-refractivity contribution < 1.29 is 19.2 Å². The summed E-state index contributed by atoms with van der Waals surface area (Å²) in [4.78, 5) is 24.3. The summed E-state index contributed by atoms with van der Waals surface area (Å²) in [6.07, 6.45) is 1.68. The summed E-state index contributed by atoms with van der Waals surface area (Å²) in [6, 6.07) is 9.74. The van der Waals surface area contributed by atoms with E-state index >= 15 is 0 Å². The number of halogens is 1. The number of thiocarbonyl (C=S) groups is 1. The molecule has 1 fully saturated rings. The van der Waals surface area contributed by atoms with Crippen LogP contribution in [-0.2, 0) is 11.4 Å². The van der Waals surface area contributed by atoms with Crippen molar-refractivity contribution in [3.63, 3.8) is 0 Å². The van der Waals surface area contributed by atoms with Crippen LogP contribution in [-0.4, -0.2) is 34.5 Å². The summed E-state index contributed by atoms with van der Waals surface area (Å²) in [5.41, 5.74) is 1.73. The molecule has 1 amide bonds. The van der Waals surface area contributed by atoms with Gasteiger partial charge in [-0.1, -0.05) is 12.1 Å². The van der Waals surface area contributed by atoms with Crippen molar-refractivity contribution in [1.82, 2.24) is 10.2 Å². The Labute approximate surface area is 186 Å². The van der Waals surface area contributed by atoms with Crippen molar-refractivity contribution in [2.45, 2.75) is 13.5 Å². The van der Waals surface area contributed by atoms with Gasteiger partial charge in [0.2, 0.25) is 0 Å². The molecule has 0 unspecified atom stereocenters. The molecule has 10 heteroatoms. The van der Waals surface area contributed by atoms with Crippen molar-refractivity contribution in [3.8, 4) is 11.5 Å². The van der Waals surface area contributed by atoms with Crippen LogP contribution >= 0.6 is 28.1 Å². The maximum atomic E-state index is 12.4. The summed E-state index contributed by atoms with van der Waals surface area (Å²) in [7, 11) is 1.51. The van der Waals surface area contributed by atoms with Gasteiger partial charge in [0.15, 0.2) is 16.6 Å². The lowest BCUT2D eigenvalue weighted by molar-refractivity contribution is -0.384. The van der Waals surface area contributed by atoms with Gasteiger partial charge in [-0.05, 0) is 64.4 Å². The number of non-ortho nitro benzene ring substituents is 1. The number of likely N-dealkylation sites (N-methyl/N-ethyl adjacent to an activating group) is 1. The number of nitrogens with one attached hydrogen (secondary N) is 1. The maximum Gasteiger partial charge on any atom is 0.276 e. The van der Waals surface area contributed by atoms with E-state index in [0.717, 1.165) is 0 Å². The normalized spacial score (nSPS) is 14.8. The number of nitro groups is 1. The van der Waals surface area contributed by atoms with E-state index in [1.54, 1.807) is 30.3 Å². The highest BCUT2D eigenvalue weighted by molar-refractivity contribution is 9.10. The summed E-state index contributed by atoms with van der Waals surface area (Å²) in [5.74, 6) is 0.702. The van der Waals surface area contributed by atoms with Gasteiger partial charge in [-0.2, -0.15) is 0 Å². The smallest absolute Gasteiger partial charge is 0.276 e. The molecule has 0 bridgehead atoms. The molecule has 2 aromatic carbocycles. The van der Waals surface area contributed by atoms with Gasteiger partial charge in [-0.3, -0.25) is 19.8 Å². The Hall–Kier alpha value is -2.98. The second-order valence-corrected chi connectivity index (χ2v) is 7.53. The van der Waals surface area contributed by atoms with E-state index in [2.05, 4.69) is 21.2 Å². The molecule has 1 N–H and O–H groups in total. The molecule has 8 nitrogen and oxygen atoms in total. The van der Waals surface area contributed by atoms with Gasteiger partial charge in [0.05, 0.1) is 16.5 Å². The first kappa shape index (κ1) is 21.7. The van der Waals surface area contributed by atoms with E-state index in [4.69, 9.17) is 21.7 Å². The first-order chi connectivity index (χ1) is 14.3. The molecule has 0 spiro atoms. The zero-order valence-corrected chi connectivity index (χ0v) is 18.6. The van der Waals surface area contributed by atoms with Gasteiger partial charge in [-0.15, -0.1) is 0 Å². The topological polar surface area (TPSA) is 93.9 Å². The van der Waals surface area contributed by atoms with Gasteiger partial charge in [0.1, 0.15) is 12.3 Å². The van der Waals surface area contributed by atoms with E-state index in [9.17, 15) is 14.9 Å². The Balaban J connectivity index is 1.84. The predicted octanol–water partition coefficient (Wildman–Crippen LogP) is 4.02. The zero-order valence-electron chi connectivity index (χ0n) is 16.2. The second kappa shape index (κ2) is 9.23. The number of nitrogens with zero attached hydrogens (tertiary/aromatic N) is 2. The van der Waals surface area contributed by atoms with Crippen molar-refractivity contribution >= 4 is 50.9 Å². The van der Waals surface area contributed by atoms with Crippen molar-refractivity contribution in [3.05, 3.63) is 67.8 Å². The van der Waals surface area contributed by atoms with Gasteiger partial charge >= 0.3 is 0 Å². The van der Waals surface area contributed by atoms with Crippen LogP contribution in [0.1, 0.15) is 18.1 Å². The largest absolute Gasteiger partial charge is 0.493 e.